The quantitative estimate of drug-likeness (QED) is 0.905. The summed E-state index contributed by atoms with van der Waals surface area (Å²) in [7, 11) is 1.76. The molecule has 1 aliphatic heterocycles. The van der Waals surface area contributed by atoms with Crippen molar-refractivity contribution >= 4 is 27.7 Å². The molecule has 0 aromatic heterocycles. The van der Waals surface area contributed by atoms with Crippen LogP contribution in [-0.2, 0) is 4.79 Å². The second-order valence-electron chi connectivity index (χ2n) is 4.46. The number of hydrogen-bond acceptors (Lipinski definition) is 2. The van der Waals surface area contributed by atoms with Crippen LogP contribution < -0.4 is 5.32 Å². The zero-order valence-corrected chi connectivity index (χ0v) is 11.7. The lowest BCUT2D eigenvalue weighted by atomic mass is 10.1. The fourth-order valence-electron chi connectivity index (χ4n) is 2.04. The molecule has 1 saturated heterocycles. The van der Waals surface area contributed by atoms with Crippen molar-refractivity contribution in [3.63, 3.8) is 0 Å². The summed E-state index contributed by atoms with van der Waals surface area (Å²) in [6, 6.07) is 7.35. The van der Waals surface area contributed by atoms with Crippen LogP contribution >= 0.6 is 15.9 Å². The number of halogens is 1. The number of benzene rings is 1. The molecule has 1 atom stereocenters. The van der Waals surface area contributed by atoms with Gasteiger partial charge in [-0.05, 0) is 34.5 Å². The van der Waals surface area contributed by atoms with Crippen LogP contribution in [0.4, 0.5) is 0 Å². The molecule has 1 N–H and O–H groups in total. The third-order valence-corrected chi connectivity index (χ3v) is 3.77. The summed E-state index contributed by atoms with van der Waals surface area (Å²) in [5.41, 5.74) is 0.622. The summed E-state index contributed by atoms with van der Waals surface area (Å²) in [4.78, 5) is 25.1. The Kier molecular flexibility index (Phi) is 4.01. The Morgan fingerprint density at radius 3 is 2.83 bits per heavy atom. The maximum absolute atomic E-state index is 12.1. The molecule has 96 valence electrons. The van der Waals surface area contributed by atoms with Crippen LogP contribution in [0.25, 0.3) is 0 Å². The molecular formula is C13H15BrN2O2. The minimum atomic E-state index is -0.102. The number of rotatable bonds is 2. The Morgan fingerprint density at radius 1 is 1.44 bits per heavy atom. The van der Waals surface area contributed by atoms with Crippen molar-refractivity contribution in [1.29, 1.82) is 0 Å². The molecule has 18 heavy (non-hydrogen) atoms. The van der Waals surface area contributed by atoms with Gasteiger partial charge in [-0.3, -0.25) is 9.59 Å². The molecule has 5 heteroatoms. The Labute approximate surface area is 114 Å². The van der Waals surface area contributed by atoms with Crippen LogP contribution in [-0.4, -0.2) is 36.3 Å². The van der Waals surface area contributed by atoms with Crippen LogP contribution in [0.5, 0.6) is 0 Å². The second-order valence-corrected chi connectivity index (χ2v) is 5.32. The number of nitrogens with zero attached hydrogens (tertiary/aromatic N) is 1. The monoisotopic (exact) mass is 310 g/mol. The van der Waals surface area contributed by atoms with Crippen molar-refractivity contribution in [2.45, 2.75) is 18.9 Å². The minimum absolute atomic E-state index is 0.0345. The average molecular weight is 311 g/mol. The molecule has 2 rings (SSSR count). The summed E-state index contributed by atoms with van der Waals surface area (Å²) in [6.07, 6.45) is 1.21. The Morgan fingerprint density at radius 2 is 2.17 bits per heavy atom. The first kappa shape index (κ1) is 13.1. The Bertz CT molecular complexity index is 476. The summed E-state index contributed by atoms with van der Waals surface area (Å²) >= 11 is 3.36. The predicted molar refractivity (Wildman–Crippen MR) is 72.3 cm³/mol. The molecule has 0 saturated carbocycles. The highest BCUT2D eigenvalue weighted by Gasteiger charge is 2.24. The number of carbonyl (C=O) groups is 2. The maximum Gasteiger partial charge on any atom is 0.252 e. The molecule has 0 radical (unpaired) electrons. The van der Waals surface area contributed by atoms with Crippen LogP contribution in [0, 0.1) is 0 Å². The topological polar surface area (TPSA) is 49.4 Å². The Hall–Kier alpha value is -1.36. The van der Waals surface area contributed by atoms with Crippen molar-refractivity contribution in [1.82, 2.24) is 10.2 Å². The van der Waals surface area contributed by atoms with Crippen molar-refractivity contribution in [2.24, 2.45) is 0 Å². The van der Waals surface area contributed by atoms with Crippen molar-refractivity contribution < 1.29 is 9.59 Å². The molecule has 0 bridgehead atoms. The van der Waals surface area contributed by atoms with Gasteiger partial charge in [0.1, 0.15) is 0 Å². The molecule has 1 fully saturated rings. The third-order valence-electron chi connectivity index (χ3n) is 3.08. The van der Waals surface area contributed by atoms with E-state index in [9.17, 15) is 9.59 Å². The zero-order valence-electron chi connectivity index (χ0n) is 10.1. The maximum atomic E-state index is 12.1. The van der Waals surface area contributed by atoms with Gasteiger partial charge in [0.05, 0.1) is 5.56 Å². The fraction of sp³-hybridized carbons (Fsp3) is 0.385. The SMILES string of the molecule is CN1CC(NC(=O)c2ccccc2Br)CCC1=O. The van der Waals surface area contributed by atoms with Gasteiger partial charge in [-0.15, -0.1) is 0 Å². The number of hydrogen-bond donors (Lipinski definition) is 1. The fourth-order valence-corrected chi connectivity index (χ4v) is 2.50. The predicted octanol–water partition coefficient (Wildman–Crippen LogP) is 1.80. The first-order chi connectivity index (χ1) is 8.58. The van der Waals surface area contributed by atoms with Gasteiger partial charge in [-0.25, -0.2) is 0 Å². The van der Waals surface area contributed by atoms with Crippen molar-refractivity contribution in [3.8, 4) is 0 Å². The molecule has 0 spiro atoms. The number of piperidine rings is 1. The average Bonchev–Trinajstić information content (AvgIpc) is 2.34. The van der Waals surface area contributed by atoms with Crippen molar-refractivity contribution in [3.05, 3.63) is 34.3 Å². The molecule has 4 nitrogen and oxygen atoms in total. The molecule has 1 aromatic carbocycles. The summed E-state index contributed by atoms with van der Waals surface area (Å²) in [5, 5.41) is 2.96. The molecule has 1 unspecified atom stereocenters. The van der Waals surface area contributed by atoms with Gasteiger partial charge >= 0.3 is 0 Å². The molecule has 1 aliphatic rings. The van der Waals surface area contributed by atoms with Crippen LogP contribution in [0.1, 0.15) is 23.2 Å². The van der Waals surface area contributed by atoms with E-state index in [0.29, 0.717) is 24.9 Å². The standard InChI is InChI=1S/C13H15BrN2O2/c1-16-8-9(6-7-12(16)17)15-13(18)10-4-2-3-5-11(10)14/h2-5,9H,6-8H2,1H3,(H,15,18). The summed E-state index contributed by atoms with van der Waals surface area (Å²) < 4.78 is 0.780. The number of carbonyl (C=O) groups excluding carboxylic acids is 2. The van der Waals surface area contributed by atoms with Gasteiger partial charge in [0.25, 0.3) is 5.91 Å². The normalized spacial score (nSPS) is 19.8. The van der Waals surface area contributed by atoms with E-state index < -0.39 is 0 Å². The van der Waals surface area contributed by atoms with E-state index in [1.807, 2.05) is 18.2 Å². The number of likely N-dealkylation sites (tertiary alicyclic amines) is 1. The Balaban J connectivity index is 2.00. The van der Waals surface area contributed by atoms with Gasteiger partial charge in [-0.2, -0.15) is 0 Å². The van der Waals surface area contributed by atoms with E-state index in [4.69, 9.17) is 0 Å². The van der Waals surface area contributed by atoms with E-state index in [1.54, 1.807) is 18.0 Å². The number of likely N-dealkylation sites (N-methyl/N-ethyl adjacent to an activating group) is 1. The van der Waals surface area contributed by atoms with Gasteiger partial charge in [0, 0.05) is 30.5 Å². The second kappa shape index (κ2) is 5.52. The lowest BCUT2D eigenvalue weighted by Crippen LogP contribution is -2.48. The highest BCUT2D eigenvalue weighted by Crippen LogP contribution is 2.17. The van der Waals surface area contributed by atoms with Crippen LogP contribution in [0.15, 0.2) is 28.7 Å². The van der Waals surface area contributed by atoms with Crippen molar-refractivity contribution in [2.75, 3.05) is 13.6 Å². The van der Waals surface area contributed by atoms with Gasteiger partial charge in [0.2, 0.25) is 5.91 Å². The molecule has 1 aromatic rings. The van der Waals surface area contributed by atoms with Gasteiger partial charge < -0.3 is 10.2 Å². The van der Waals surface area contributed by atoms with E-state index in [-0.39, 0.29) is 17.9 Å². The zero-order chi connectivity index (χ0) is 13.1. The largest absolute Gasteiger partial charge is 0.347 e. The first-order valence-electron chi connectivity index (χ1n) is 5.87. The van der Waals surface area contributed by atoms with Gasteiger partial charge in [0.15, 0.2) is 0 Å². The highest BCUT2D eigenvalue weighted by molar-refractivity contribution is 9.10. The van der Waals surface area contributed by atoms with Crippen LogP contribution in [0.2, 0.25) is 0 Å². The third kappa shape index (κ3) is 2.90. The van der Waals surface area contributed by atoms with E-state index in [2.05, 4.69) is 21.2 Å². The summed E-state index contributed by atoms with van der Waals surface area (Å²) in [5.74, 6) is 0.0385. The van der Waals surface area contributed by atoms with Gasteiger partial charge in [-0.1, -0.05) is 12.1 Å². The lowest BCUT2D eigenvalue weighted by Gasteiger charge is -2.30. The first-order valence-corrected chi connectivity index (χ1v) is 6.66. The molecular weight excluding hydrogens is 296 g/mol. The summed E-state index contributed by atoms with van der Waals surface area (Å²) in [6.45, 7) is 0.578. The molecule has 2 amide bonds. The minimum Gasteiger partial charge on any atom is -0.347 e. The van der Waals surface area contributed by atoms with Crippen LogP contribution in [0.3, 0.4) is 0 Å². The van der Waals surface area contributed by atoms with E-state index >= 15 is 0 Å². The lowest BCUT2D eigenvalue weighted by molar-refractivity contribution is -0.132. The number of nitrogens with one attached hydrogen (secondary N) is 1. The van der Waals surface area contributed by atoms with E-state index in [0.717, 1.165) is 4.47 Å². The molecule has 1 heterocycles. The molecule has 0 aliphatic carbocycles. The van der Waals surface area contributed by atoms with E-state index in [1.165, 1.54) is 0 Å². The smallest absolute Gasteiger partial charge is 0.252 e. The highest BCUT2D eigenvalue weighted by atomic mass is 79.9. The number of amides is 2.